The first-order valence-corrected chi connectivity index (χ1v) is 17.8. The van der Waals surface area contributed by atoms with Gasteiger partial charge in [-0.25, -0.2) is 9.67 Å². The van der Waals surface area contributed by atoms with Gasteiger partial charge in [0.05, 0.1) is 32.5 Å². The summed E-state index contributed by atoms with van der Waals surface area (Å²) in [4.78, 5) is 58.6. The molecule has 54 heavy (non-hydrogen) atoms. The van der Waals surface area contributed by atoms with Crippen LogP contribution >= 0.6 is 0 Å². The van der Waals surface area contributed by atoms with Gasteiger partial charge in [0.1, 0.15) is 36.3 Å². The first-order valence-electron chi connectivity index (χ1n) is 17.8. The van der Waals surface area contributed by atoms with Crippen LogP contribution in [0.4, 0.5) is 0 Å². The highest BCUT2D eigenvalue weighted by molar-refractivity contribution is 5.94. The number of hydrogen-bond donors (Lipinski definition) is 4. The predicted molar refractivity (Wildman–Crippen MR) is 198 cm³/mol. The highest BCUT2D eigenvalue weighted by atomic mass is 16.5. The molecule has 0 unspecified atom stereocenters. The molecule has 2 aromatic heterocycles. The van der Waals surface area contributed by atoms with Crippen molar-refractivity contribution in [2.45, 2.75) is 84.6 Å². The highest BCUT2D eigenvalue weighted by Gasteiger charge is 2.34. The zero-order chi connectivity index (χ0) is 39.0. The van der Waals surface area contributed by atoms with Crippen LogP contribution in [0.1, 0.15) is 67.4 Å². The predicted octanol–water partition coefficient (Wildman–Crippen LogP) is 2.10. The summed E-state index contributed by atoms with van der Waals surface area (Å²) in [6.07, 6.45) is 0.573. The molecule has 4 N–H and O–H groups in total. The number of nitrogens with one attached hydrogen (secondary N) is 4. The van der Waals surface area contributed by atoms with Gasteiger partial charge >= 0.3 is 0 Å². The Hall–Kier alpha value is -5.93. The molecule has 0 fully saturated rings. The SMILES string of the molecule is COc1ccc(Cc2nc3n(n2)CC(=O)NCCOc2ccc(cc2)C[C@H](NC(=O)CCn2nc(C)cc2C)C(=O)NC(C)(C)C(=O)N[C@@H]3C)cc1OC. The van der Waals surface area contributed by atoms with E-state index >= 15 is 0 Å². The molecule has 0 aliphatic carbocycles. The molecule has 0 saturated carbocycles. The van der Waals surface area contributed by atoms with Crippen LogP contribution in [0, 0.1) is 13.8 Å². The molecule has 288 valence electrons. The van der Waals surface area contributed by atoms with Crippen LogP contribution in [0.5, 0.6) is 17.2 Å². The third kappa shape index (κ3) is 10.1. The Bertz CT molecular complexity index is 1970. The molecule has 2 atom stereocenters. The Morgan fingerprint density at radius 1 is 1.02 bits per heavy atom. The third-order valence-electron chi connectivity index (χ3n) is 8.95. The Kier molecular flexibility index (Phi) is 12.6. The number of hydrogen-bond acceptors (Lipinski definition) is 10. The van der Waals surface area contributed by atoms with E-state index < -0.39 is 29.4 Å². The maximum absolute atomic E-state index is 13.9. The smallest absolute Gasteiger partial charge is 0.245 e. The number of rotatable bonds is 8. The molecule has 0 spiro atoms. The monoisotopic (exact) mass is 743 g/mol. The Balaban J connectivity index is 1.38. The maximum Gasteiger partial charge on any atom is 0.245 e. The van der Waals surface area contributed by atoms with Crippen LogP contribution < -0.4 is 35.5 Å². The third-order valence-corrected chi connectivity index (χ3v) is 8.95. The number of nitrogens with zero attached hydrogens (tertiary/aromatic N) is 5. The first kappa shape index (κ1) is 39.3. The van der Waals surface area contributed by atoms with E-state index in [1.165, 1.54) is 4.68 Å². The minimum atomic E-state index is -1.42. The van der Waals surface area contributed by atoms with Gasteiger partial charge in [-0.05, 0) is 76.1 Å². The molecule has 2 bridgehead atoms. The fourth-order valence-electron chi connectivity index (χ4n) is 6.07. The second-order valence-corrected chi connectivity index (χ2v) is 13.8. The number of aryl methyl sites for hydroxylation is 3. The minimum Gasteiger partial charge on any atom is -0.493 e. The number of carbonyl (C=O) groups is 4. The Morgan fingerprint density at radius 2 is 1.76 bits per heavy atom. The summed E-state index contributed by atoms with van der Waals surface area (Å²) >= 11 is 0. The van der Waals surface area contributed by atoms with Crippen molar-refractivity contribution in [3.8, 4) is 17.2 Å². The van der Waals surface area contributed by atoms with E-state index in [1.807, 2.05) is 32.0 Å². The molecule has 16 heteroatoms. The molecule has 2 aliphatic rings. The summed E-state index contributed by atoms with van der Waals surface area (Å²) in [7, 11) is 3.11. The Labute approximate surface area is 314 Å². The summed E-state index contributed by atoms with van der Waals surface area (Å²) in [5, 5.41) is 20.5. The molecule has 4 aromatic rings. The zero-order valence-corrected chi connectivity index (χ0v) is 31.8. The standard InChI is InChI=1S/C38H49N9O7/c1-23-18-24(2)46(44-23)16-14-33(48)41-29-19-26-8-11-28(12-9-26)54-17-15-39-34(49)22-47-35(25(3)40-37(51)38(4,5)43-36(29)50)42-32(45-47)21-27-10-13-30(52-6)31(20-27)53-7/h8-13,18,20,25,29H,14-17,19,21-22H2,1-7H3,(H,39,49)(H,40,51)(H,41,48)(H,43,50)/t25-,29+/m1/s1. The van der Waals surface area contributed by atoms with Crippen molar-refractivity contribution in [2.24, 2.45) is 0 Å². The zero-order valence-electron chi connectivity index (χ0n) is 31.8. The van der Waals surface area contributed by atoms with Gasteiger partial charge in [0, 0.05) is 31.5 Å². The van der Waals surface area contributed by atoms with Gasteiger partial charge in [0.2, 0.25) is 23.6 Å². The quantitative estimate of drug-likeness (QED) is 0.208. The lowest BCUT2D eigenvalue weighted by molar-refractivity contribution is -0.135. The fourth-order valence-corrected chi connectivity index (χ4v) is 6.07. The highest BCUT2D eigenvalue weighted by Crippen LogP contribution is 2.28. The van der Waals surface area contributed by atoms with Crippen LogP contribution in [0.25, 0.3) is 0 Å². The number of fused-ring (bicyclic) bond motifs is 14. The number of carbonyl (C=O) groups excluding carboxylic acids is 4. The molecule has 6 rings (SSSR count). The van der Waals surface area contributed by atoms with Crippen LogP contribution in [0.3, 0.4) is 0 Å². The van der Waals surface area contributed by atoms with Crippen molar-refractivity contribution in [1.29, 1.82) is 0 Å². The summed E-state index contributed by atoms with van der Waals surface area (Å²) in [6, 6.07) is 12.8. The van der Waals surface area contributed by atoms with Gasteiger partial charge in [-0.2, -0.15) is 10.2 Å². The van der Waals surface area contributed by atoms with Gasteiger partial charge < -0.3 is 35.5 Å². The van der Waals surface area contributed by atoms with E-state index in [0.717, 1.165) is 22.5 Å². The molecule has 0 saturated heterocycles. The summed E-state index contributed by atoms with van der Waals surface area (Å²) in [6.45, 7) is 9.30. The number of methoxy groups -OCH3 is 2. The summed E-state index contributed by atoms with van der Waals surface area (Å²) in [5.74, 6) is 0.766. The molecule has 4 heterocycles. The molecule has 4 amide bonds. The van der Waals surface area contributed by atoms with Crippen molar-refractivity contribution in [3.63, 3.8) is 0 Å². The second kappa shape index (κ2) is 17.3. The largest absolute Gasteiger partial charge is 0.493 e. The number of aromatic nitrogens is 5. The number of amides is 4. The summed E-state index contributed by atoms with van der Waals surface area (Å²) < 4.78 is 19.9. The average Bonchev–Trinajstić information content (AvgIpc) is 3.68. The second-order valence-electron chi connectivity index (χ2n) is 13.8. The molecular weight excluding hydrogens is 694 g/mol. The van der Waals surface area contributed by atoms with Gasteiger partial charge in [0.25, 0.3) is 0 Å². The first-order chi connectivity index (χ1) is 25.7. The van der Waals surface area contributed by atoms with E-state index in [2.05, 4.69) is 31.5 Å². The molecule has 16 nitrogen and oxygen atoms in total. The Morgan fingerprint density at radius 3 is 2.44 bits per heavy atom. The van der Waals surface area contributed by atoms with Crippen LogP contribution in [0.2, 0.25) is 0 Å². The minimum absolute atomic E-state index is 0.102. The molecular formula is C38H49N9O7. The van der Waals surface area contributed by atoms with Crippen molar-refractivity contribution >= 4 is 23.6 Å². The van der Waals surface area contributed by atoms with Gasteiger partial charge in [-0.3, -0.25) is 23.9 Å². The van der Waals surface area contributed by atoms with Crippen LogP contribution in [-0.4, -0.2) is 87.1 Å². The molecule has 2 aromatic carbocycles. The topological polar surface area (TPSA) is 193 Å². The molecule has 2 aliphatic heterocycles. The van der Waals surface area contributed by atoms with Crippen molar-refractivity contribution in [3.05, 3.63) is 82.7 Å². The van der Waals surface area contributed by atoms with E-state index in [4.69, 9.17) is 19.2 Å². The summed E-state index contributed by atoms with van der Waals surface area (Å²) in [5.41, 5.74) is 1.98. The lowest BCUT2D eigenvalue weighted by Gasteiger charge is -2.29. The van der Waals surface area contributed by atoms with Crippen molar-refractivity contribution in [1.82, 2.24) is 45.8 Å². The van der Waals surface area contributed by atoms with Crippen molar-refractivity contribution < 1.29 is 33.4 Å². The van der Waals surface area contributed by atoms with E-state index in [0.29, 0.717) is 41.9 Å². The number of benzene rings is 2. The lowest BCUT2D eigenvalue weighted by atomic mass is 10.00. The van der Waals surface area contributed by atoms with E-state index in [1.54, 1.807) is 70.0 Å². The van der Waals surface area contributed by atoms with E-state index in [-0.39, 0.29) is 44.4 Å². The van der Waals surface area contributed by atoms with Crippen LogP contribution in [-0.2, 0) is 45.1 Å². The maximum atomic E-state index is 13.9. The van der Waals surface area contributed by atoms with Crippen LogP contribution in [0.15, 0.2) is 48.5 Å². The fraction of sp³-hybridized carbons (Fsp3) is 0.447. The van der Waals surface area contributed by atoms with Crippen molar-refractivity contribution in [2.75, 3.05) is 27.4 Å². The average molecular weight is 744 g/mol. The van der Waals surface area contributed by atoms with Gasteiger partial charge in [-0.15, -0.1) is 0 Å². The normalized spacial score (nSPS) is 18.0. The van der Waals surface area contributed by atoms with Gasteiger partial charge in [0.15, 0.2) is 17.3 Å². The number of ether oxygens (including phenoxy) is 3. The van der Waals surface area contributed by atoms with E-state index in [9.17, 15) is 19.2 Å². The molecule has 0 radical (unpaired) electrons. The van der Waals surface area contributed by atoms with Gasteiger partial charge in [-0.1, -0.05) is 18.2 Å². The lowest BCUT2D eigenvalue weighted by Crippen LogP contribution is -2.59.